The minimum atomic E-state index is 0.605. The molecule has 3 heterocycles. The molecule has 0 unspecified atom stereocenters. The van der Waals surface area contributed by atoms with Crippen molar-refractivity contribution in [2.24, 2.45) is 7.05 Å². The first-order chi connectivity index (χ1) is 10.2. The van der Waals surface area contributed by atoms with Gasteiger partial charge in [0, 0.05) is 27.2 Å². The van der Waals surface area contributed by atoms with E-state index in [0.717, 1.165) is 29.8 Å². The Morgan fingerprint density at radius 2 is 1.95 bits per heavy atom. The number of anilines is 2. The topological polar surface area (TPSA) is 71.8 Å². The molecule has 2 aromatic heterocycles. The van der Waals surface area contributed by atoms with Crippen molar-refractivity contribution in [2.75, 3.05) is 30.4 Å². The molecule has 0 spiro atoms. The largest absolute Gasteiger partial charge is 0.357 e. The molecule has 0 aromatic carbocycles. The minimum absolute atomic E-state index is 0.605. The van der Waals surface area contributed by atoms with Gasteiger partial charge >= 0.3 is 0 Å². The van der Waals surface area contributed by atoms with Gasteiger partial charge in [-0.25, -0.2) is 0 Å². The Kier molecular flexibility index (Phi) is 3.96. The predicted molar refractivity (Wildman–Crippen MR) is 82.9 cm³/mol. The lowest BCUT2D eigenvalue weighted by Crippen LogP contribution is -2.21. The van der Waals surface area contributed by atoms with E-state index in [0.29, 0.717) is 11.1 Å². The van der Waals surface area contributed by atoms with Crippen molar-refractivity contribution in [3.05, 3.63) is 11.8 Å². The molecule has 1 saturated heterocycles. The van der Waals surface area contributed by atoms with Crippen LogP contribution in [-0.2, 0) is 7.05 Å². The highest BCUT2D eigenvalue weighted by atomic mass is 32.2. The first-order valence-electron chi connectivity index (χ1n) is 7.03. The van der Waals surface area contributed by atoms with Crippen molar-refractivity contribution < 1.29 is 0 Å². The van der Waals surface area contributed by atoms with E-state index in [-0.39, 0.29) is 0 Å². The van der Waals surface area contributed by atoms with Gasteiger partial charge in [-0.1, -0.05) is 0 Å². The highest BCUT2D eigenvalue weighted by molar-refractivity contribution is 7.99. The van der Waals surface area contributed by atoms with Crippen LogP contribution in [0.5, 0.6) is 0 Å². The third-order valence-electron chi connectivity index (χ3n) is 3.37. The van der Waals surface area contributed by atoms with E-state index in [1.165, 1.54) is 24.6 Å². The number of aromatic nitrogens is 5. The number of nitrogens with zero attached hydrogens (tertiary/aromatic N) is 6. The van der Waals surface area contributed by atoms with Gasteiger partial charge in [0.1, 0.15) is 5.03 Å². The zero-order valence-electron chi connectivity index (χ0n) is 12.5. The van der Waals surface area contributed by atoms with Crippen LogP contribution in [0.4, 0.5) is 11.9 Å². The Balaban J connectivity index is 1.90. The second kappa shape index (κ2) is 5.88. The molecule has 21 heavy (non-hydrogen) atoms. The summed E-state index contributed by atoms with van der Waals surface area (Å²) in [5, 5.41) is 9.08. The number of hydrogen-bond donors (Lipinski definition) is 1. The fourth-order valence-corrected chi connectivity index (χ4v) is 3.19. The molecule has 7 nitrogen and oxygen atoms in total. The average Bonchev–Trinajstić information content (AvgIpc) is 3.09. The van der Waals surface area contributed by atoms with Crippen molar-refractivity contribution in [2.45, 2.75) is 29.9 Å². The number of aryl methyl sites for hydroxylation is 2. The lowest BCUT2D eigenvalue weighted by molar-refractivity contribution is 0.690. The van der Waals surface area contributed by atoms with Crippen LogP contribution >= 0.6 is 11.8 Å². The first kappa shape index (κ1) is 14.1. The van der Waals surface area contributed by atoms with Crippen molar-refractivity contribution >= 4 is 23.7 Å². The molecule has 0 saturated carbocycles. The maximum atomic E-state index is 4.59. The summed E-state index contributed by atoms with van der Waals surface area (Å²) in [7, 11) is 3.75. The lowest BCUT2D eigenvalue weighted by Gasteiger charge is -2.16. The molecule has 1 aliphatic heterocycles. The number of nitrogens with one attached hydrogen (secondary N) is 1. The van der Waals surface area contributed by atoms with E-state index >= 15 is 0 Å². The SMILES string of the molecule is CNc1nc(Sc2cc(C)nn2C)nc(N2CCCC2)n1. The smallest absolute Gasteiger partial charge is 0.231 e. The van der Waals surface area contributed by atoms with Gasteiger partial charge in [0.2, 0.25) is 17.1 Å². The monoisotopic (exact) mass is 305 g/mol. The quantitative estimate of drug-likeness (QED) is 0.922. The van der Waals surface area contributed by atoms with Crippen molar-refractivity contribution in [3.63, 3.8) is 0 Å². The maximum absolute atomic E-state index is 4.59. The van der Waals surface area contributed by atoms with Crippen LogP contribution in [0.1, 0.15) is 18.5 Å². The highest BCUT2D eigenvalue weighted by Gasteiger charge is 2.18. The molecule has 0 atom stereocenters. The summed E-state index contributed by atoms with van der Waals surface area (Å²) in [6.07, 6.45) is 2.40. The average molecular weight is 305 g/mol. The van der Waals surface area contributed by atoms with Crippen molar-refractivity contribution in [3.8, 4) is 0 Å². The maximum Gasteiger partial charge on any atom is 0.231 e. The Morgan fingerprint density at radius 1 is 1.19 bits per heavy atom. The molecule has 3 rings (SSSR count). The van der Waals surface area contributed by atoms with Crippen LogP contribution in [-0.4, -0.2) is 44.9 Å². The second-order valence-corrected chi connectivity index (χ2v) is 6.02. The Labute approximate surface area is 128 Å². The third kappa shape index (κ3) is 3.10. The van der Waals surface area contributed by atoms with Crippen LogP contribution in [0.25, 0.3) is 0 Å². The van der Waals surface area contributed by atoms with Gasteiger partial charge in [0.25, 0.3) is 0 Å². The molecule has 1 N–H and O–H groups in total. The molecule has 0 aliphatic carbocycles. The van der Waals surface area contributed by atoms with Gasteiger partial charge in [-0.3, -0.25) is 4.68 Å². The summed E-state index contributed by atoms with van der Waals surface area (Å²) in [5.41, 5.74) is 0.989. The van der Waals surface area contributed by atoms with Crippen LogP contribution in [0, 0.1) is 6.92 Å². The molecule has 0 amide bonds. The first-order valence-corrected chi connectivity index (χ1v) is 7.84. The predicted octanol–water partition coefficient (Wildman–Crippen LogP) is 1.71. The Bertz CT molecular complexity index is 633. The van der Waals surface area contributed by atoms with Crippen molar-refractivity contribution in [1.29, 1.82) is 0 Å². The fourth-order valence-electron chi connectivity index (χ4n) is 2.34. The molecule has 1 aliphatic rings. The summed E-state index contributed by atoms with van der Waals surface area (Å²) in [6, 6.07) is 2.03. The van der Waals surface area contributed by atoms with Crippen LogP contribution in [0.3, 0.4) is 0 Å². The zero-order chi connectivity index (χ0) is 14.8. The van der Waals surface area contributed by atoms with Crippen LogP contribution in [0.2, 0.25) is 0 Å². The zero-order valence-corrected chi connectivity index (χ0v) is 13.3. The van der Waals surface area contributed by atoms with E-state index in [1.807, 2.05) is 31.8 Å². The summed E-state index contributed by atoms with van der Waals surface area (Å²) in [6.45, 7) is 4.01. The number of hydrogen-bond acceptors (Lipinski definition) is 7. The Morgan fingerprint density at radius 3 is 2.57 bits per heavy atom. The van der Waals surface area contributed by atoms with E-state index in [2.05, 4.69) is 30.3 Å². The minimum Gasteiger partial charge on any atom is -0.357 e. The molecule has 112 valence electrons. The van der Waals surface area contributed by atoms with Gasteiger partial charge in [0.15, 0.2) is 0 Å². The molecule has 8 heteroatoms. The summed E-state index contributed by atoms with van der Waals surface area (Å²) < 4.78 is 1.85. The Hall–Kier alpha value is -1.83. The summed E-state index contributed by atoms with van der Waals surface area (Å²) >= 11 is 1.51. The van der Waals surface area contributed by atoms with Gasteiger partial charge < -0.3 is 10.2 Å². The molecular weight excluding hydrogens is 286 g/mol. The van der Waals surface area contributed by atoms with Gasteiger partial charge in [-0.15, -0.1) is 0 Å². The molecule has 2 aromatic rings. The van der Waals surface area contributed by atoms with Gasteiger partial charge in [-0.2, -0.15) is 20.1 Å². The van der Waals surface area contributed by atoms with E-state index < -0.39 is 0 Å². The molecule has 1 fully saturated rings. The summed E-state index contributed by atoms with van der Waals surface area (Å²) in [5.74, 6) is 1.36. The van der Waals surface area contributed by atoms with Crippen LogP contribution < -0.4 is 10.2 Å². The lowest BCUT2D eigenvalue weighted by atomic mass is 10.4. The molecular formula is C13H19N7S. The highest BCUT2D eigenvalue weighted by Crippen LogP contribution is 2.27. The van der Waals surface area contributed by atoms with Gasteiger partial charge in [0.05, 0.1) is 5.69 Å². The van der Waals surface area contributed by atoms with Crippen LogP contribution in [0.15, 0.2) is 16.2 Å². The molecule has 0 bridgehead atoms. The number of rotatable bonds is 4. The fraction of sp³-hybridized carbons (Fsp3) is 0.538. The normalized spacial score (nSPS) is 14.7. The molecule has 0 radical (unpaired) electrons. The summed E-state index contributed by atoms with van der Waals surface area (Å²) in [4.78, 5) is 15.7. The van der Waals surface area contributed by atoms with Gasteiger partial charge in [-0.05, 0) is 37.6 Å². The van der Waals surface area contributed by atoms with Crippen molar-refractivity contribution in [1.82, 2.24) is 24.7 Å². The van der Waals surface area contributed by atoms with E-state index in [9.17, 15) is 0 Å². The second-order valence-electron chi connectivity index (χ2n) is 5.04. The third-order valence-corrected chi connectivity index (χ3v) is 4.33. The van der Waals surface area contributed by atoms with E-state index in [1.54, 1.807) is 0 Å². The standard InChI is InChI=1S/C13H19N7S/c1-9-8-10(19(3)18-9)21-13-16-11(14-2)15-12(17-13)20-6-4-5-7-20/h8H,4-7H2,1-3H3,(H,14,15,16,17). The van der Waals surface area contributed by atoms with E-state index in [4.69, 9.17) is 0 Å².